The molecule has 1 aromatic rings. The van der Waals surface area contributed by atoms with Crippen LogP contribution in [0, 0.1) is 16.0 Å². The third kappa shape index (κ3) is 3.71. The SMILES string of the molecule is CC(C)C(C)(O)COc1ccc([N+](=O)[O-])cc1. The summed E-state index contributed by atoms with van der Waals surface area (Å²) in [6.07, 6.45) is 0. The van der Waals surface area contributed by atoms with Crippen LogP contribution in [0.1, 0.15) is 20.8 Å². The van der Waals surface area contributed by atoms with Crippen molar-refractivity contribution >= 4 is 5.69 Å². The molecule has 1 N–H and O–H groups in total. The van der Waals surface area contributed by atoms with E-state index in [1.807, 2.05) is 13.8 Å². The normalized spacial score (nSPS) is 14.4. The minimum atomic E-state index is -0.915. The molecule has 1 aromatic carbocycles. The molecule has 1 rings (SSSR count). The van der Waals surface area contributed by atoms with Crippen molar-refractivity contribution in [3.05, 3.63) is 34.4 Å². The third-order valence-electron chi connectivity index (χ3n) is 2.82. The van der Waals surface area contributed by atoms with Crippen molar-refractivity contribution in [1.82, 2.24) is 0 Å². The Morgan fingerprint density at radius 2 is 1.94 bits per heavy atom. The average Bonchev–Trinajstić information content (AvgIpc) is 2.27. The van der Waals surface area contributed by atoms with Gasteiger partial charge in [0.15, 0.2) is 0 Å². The molecule has 0 aliphatic carbocycles. The quantitative estimate of drug-likeness (QED) is 0.632. The number of ether oxygens (including phenoxy) is 1. The Morgan fingerprint density at radius 1 is 1.41 bits per heavy atom. The second kappa shape index (κ2) is 5.14. The van der Waals surface area contributed by atoms with E-state index in [1.54, 1.807) is 6.92 Å². The van der Waals surface area contributed by atoms with E-state index in [0.717, 1.165) is 0 Å². The van der Waals surface area contributed by atoms with Crippen LogP contribution in [-0.4, -0.2) is 22.2 Å². The van der Waals surface area contributed by atoms with Crippen LogP contribution in [0.5, 0.6) is 5.75 Å². The number of nitrogens with zero attached hydrogens (tertiary/aromatic N) is 1. The van der Waals surface area contributed by atoms with Crippen LogP contribution < -0.4 is 4.74 Å². The zero-order valence-electron chi connectivity index (χ0n) is 10.2. The zero-order valence-corrected chi connectivity index (χ0v) is 10.2. The molecule has 0 radical (unpaired) electrons. The standard InChI is InChI=1S/C12H17NO4/c1-9(2)12(3,14)8-17-11-6-4-10(5-7-11)13(15)16/h4-7,9,14H,8H2,1-3H3. The largest absolute Gasteiger partial charge is 0.491 e. The van der Waals surface area contributed by atoms with Gasteiger partial charge in [-0.25, -0.2) is 0 Å². The Kier molecular flexibility index (Phi) is 4.07. The summed E-state index contributed by atoms with van der Waals surface area (Å²) in [5.74, 6) is 0.581. The first-order chi connectivity index (χ1) is 7.83. The minimum absolute atomic E-state index is 0.0213. The van der Waals surface area contributed by atoms with Crippen molar-refractivity contribution in [2.24, 2.45) is 5.92 Å². The fourth-order valence-electron chi connectivity index (χ4n) is 1.06. The Balaban J connectivity index is 2.62. The van der Waals surface area contributed by atoms with Crippen LogP contribution in [-0.2, 0) is 0 Å². The highest BCUT2D eigenvalue weighted by atomic mass is 16.6. The summed E-state index contributed by atoms with van der Waals surface area (Å²) >= 11 is 0. The second-order valence-electron chi connectivity index (χ2n) is 4.55. The van der Waals surface area contributed by atoms with Gasteiger partial charge in [-0.15, -0.1) is 0 Å². The fraction of sp³-hybridized carbons (Fsp3) is 0.500. The van der Waals surface area contributed by atoms with E-state index in [4.69, 9.17) is 4.74 Å². The number of nitro groups is 1. The van der Waals surface area contributed by atoms with Crippen molar-refractivity contribution in [2.75, 3.05) is 6.61 Å². The van der Waals surface area contributed by atoms with Gasteiger partial charge in [0, 0.05) is 12.1 Å². The lowest BCUT2D eigenvalue weighted by molar-refractivity contribution is -0.384. The molecule has 0 bridgehead atoms. The average molecular weight is 239 g/mol. The van der Waals surface area contributed by atoms with E-state index in [-0.39, 0.29) is 18.2 Å². The first kappa shape index (κ1) is 13.4. The van der Waals surface area contributed by atoms with Gasteiger partial charge in [-0.3, -0.25) is 10.1 Å². The van der Waals surface area contributed by atoms with E-state index in [0.29, 0.717) is 5.75 Å². The van der Waals surface area contributed by atoms with Gasteiger partial charge >= 0.3 is 0 Å². The maximum Gasteiger partial charge on any atom is 0.269 e. The monoisotopic (exact) mass is 239 g/mol. The van der Waals surface area contributed by atoms with Crippen molar-refractivity contribution in [3.8, 4) is 5.75 Å². The highest BCUT2D eigenvalue weighted by Gasteiger charge is 2.25. The van der Waals surface area contributed by atoms with E-state index in [2.05, 4.69) is 0 Å². The first-order valence-corrected chi connectivity index (χ1v) is 5.42. The number of hydrogen-bond acceptors (Lipinski definition) is 4. The molecule has 0 aromatic heterocycles. The van der Waals surface area contributed by atoms with Crippen LogP contribution in [0.25, 0.3) is 0 Å². The smallest absolute Gasteiger partial charge is 0.269 e. The predicted molar refractivity (Wildman–Crippen MR) is 64.1 cm³/mol. The summed E-state index contributed by atoms with van der Waals surface area (Å²) in [7, 11) is 0. The number of hydrogen-bond donors (Lipinski definition) is 1. The maximum absolute atomic E-state index is 10.4. The summed E-state index contributed by atoms with van der Waals surface area (Å²) in [4.78, 5) is 9.98. The summed E-state index contributed by atoms with van der Waals surface area (Å²) < 4.78 is 5.39. The van der Waals surface area contributed by atoms with Crippen molar-refractivity contribution in [3.63, 3.8) is 0 Å². The molecule has 0 fully saturated rings. The summed E-state index contributed by atoms with van der Waals surface area (Å²) in [5, 5.41) is 20.4. The molecule has 0 spiro atoms. The molecule has 0 saturated carbocycles. The molecule has 1 atom stereocenters. The molecule has 0 saturated heterocycles. The number of benzene rings is 1. The summed E-state index contributed by atoms with van der Waals surface area (Å²) in [5.41, 5.74) is -0.894. The number of rotatable bonds is 5. The lowest BCUT2D eigenvalue weighted by Gasteiger charge is -2.27. The first-order valence-electron chi connectivity index (χ1n) is 5.42. The number of non-ortho nitro benzene ring substituents is 1. The molecular weight excluding hydrogens is 222 g/mol. The molecule has 0 aliphatic rings. The number of nitro benzene ring substituents is 1. The predicted octanol–water partition coefficient (Wildman–Crippen LogP) is 2.38. The van der Waals surface area contributed by atoms with E-state index in [9.17, 15) is 15.2 Å². The van der Waals surface area contributed by atoms with Crippen LogP contribution in [0.3, 0.4) is 0 Å². The van der Waals surface area contributed by atoms with Crippen molar-refractivity contribution in [1.29, 1.82) is 0 Å². The molecule has 0 aliphatic heterocycles. The topological polar surface area (TPSA) is 72.6 Å². The second-order valence-corrected chi connectivity index (χ2v) is 4.55. The lowest BCUT2D eigenvalue weighted by Crippen LogP contribution is -2.37. The van der Waals surface area contributed by atoms with Crippen LogP contribution in [0.15, 0.2) is 24.3 Å². The minimum Gasteiger partial charge on any atom is -0.491 e. The van der Waals surface area contributed by atoms with E-state index in [1.165, 1.54) is 24.3 Å². The molecule has 1 unspecified atom stereocenters. The molecular formula is C12H17NO4. The van der Waals surface area contributed by atoms with E-state index >= 15 is 0 Å². The molecule has 0 heterocycles. The van der Waals surface area contributed by atoms with Crippen LogP contribution >= 0.6 is 0 Å². The molecule has 17 heavy (non-hydrogen) atoms. The number of aliphatic hydroxyl groups is 1. The van der Waals surface area contributed by atoms with Gasteiger partial charge in [0.25, 0.3) is 5.69 Å². The van der Waals surface area contributed by atoms with Gasteiger partial charge in [-0.05, 0) is 25.0 Å². The zero-order chi connectivity index (χ0) is 13.1. The highest BCUT2D eigenvalue weighted by Crippen LogP contribution is 2.21. The summed E-state index contributed by atoms with van der Waals surface area (Å²) in [6, 6.07) is 5.79. The van der Waals surface area contributed by atoms with Crippen LogP contribution in [0.2, 0.25) is 0 Å². The van der Waals surface area contributed by atoms with Gasteiger partial charge < -0.3 is 9.84 Å². The van der Waals surface area contributed by atoms with Crippen molar-refractivity contribution < 1.29 is 14.8 Å². The van der Waals surface area contributed by atoms with Crippen molar-refractivity contribution in [2.45, 2.75) is 26.4 Å². The van der Waals surface area contributed by atoms with E-state index < -0.39 is 10.5 Å². The maximum atomic E-state index is 10.4. The molecule has 5 heteroatoms. The molecule has 94 valence electrons. The molecule has 0 amide bonds. The highest BCUT2D eigenvalue weighted by molar-refractivity contribution is 5.35. The Hall–Kier alpha value is -1.62. The van der Waals surface area contributed by atoms with Gasteiger partial charge in [-0.1, -0.05) is 13.8 Å². The Bertz CT molecular complexity index is 384. The van der Waals surface area contributed by atoms with Gasteiger partial charge in [0.05, 0.1) is 10.5 Å². The molecule has 5 nitrogen and oxygen atoms in total. The summed E-state index contributed by atoms with van der Waals surface area (Å²) in [6.45, 7) is 5.66. The van der Waals surface area contributed by atoms with Crippen LogP contribution in [0.4, 0.5) is 5.69 Å². The third-order valence-corrected chi connectivity index (χ3v) is 2.82. The Morgan fingerprint density at radius 3 is 2.35 bits per heavy atom. The Labute approximate surface area is 100 Å². The fourth-order valence-corrected chi connectivity index (χ4v) is 1.06. The van der Waals surface area contributed by atoms with Gasteiger partial charge in [0.1, 0.15) is 12.4 Å². The van der Waals surface area contributed by atoms with Gasteiger partial charge in [-0.2, -0.15) is 0 Å². The lowest BCUT2D eigenvalue weighted by atomic mass is 9.94. The van der Waals surface area contributed by atoms with Gasteiger partial charge in [0.2, 0.25) is 0 Å².